The van der Waals surface area contributed by atoms with Crippen LogP contribution in [0.15, 0.2) is 4.99 Å². The Morgan fingerprint density at radius 1 is 1.16 bits per heavy atom. The van der Waals surface area contributed by atoms with Crippen LogP contribution in [0.2, 0.25) is 0 Å². The summed E-state index contributed by atoms with van der Waals surface area (Å²) in [5.74, 6) is 0.672. The third-order valence-corrected chi connectivity index (χ3v) is 6.10. The van der Waals surface area contributed by atoms with Gasteiger partial charge in [0.05, 0.1) is 6.54 Å². The lowest BCUT2D eigenvalue weighted by atomic mass is 9.88. The molecule has 0 radical (unpaired) electrons. The Labute approximate surface area is 122 Å². The van der Waals surface area contributed by atoms with Crippen molar-refractivity contribution in [2.75, 3.05) is 12.8 Å². The maximum atomic E-state index is 6.06. The first kappa shape index (κ1) is 15.0. The van der Waals surface area contributed by atoms with Gasteiger partial charge in [0.25, 0.3) is 0 Å². The lowest BCUT2D eigenvalue weighted by Crippen LogP contribution is -2.42. The van der Waals surface area contributed by atoms with Crippen LogP contribution in [0.25, 0.3) is 0 Å². The number of aliphatic imine (C=N–C) groups is 1. The fourth-order valence-corrected chi connectivity index (χ4v) is 4.24. The van der Waals surface area contributed by atoms with E-state index in [1.165, 1.54) is 64.2 Å². The number of nitrogens with one attached hydrogen (secondary N) is 1. The van der Waals surface area contributed by atoms with E-state index in [9.17, 15) is 0 Å². The quantitative estimate of drug-likeness (QED) is 0.615. The van der Waals surface area contributed by atoms with Crippen LogP contribution in [-0.4, -0.2) is 29.5 Å². The van der Waals surface area contributed by atoms with Gasteiger partial charge in [-0.1, -0.05) is 38.5 Å². The van der Waals surface area contributed by atoms with Crippen LogP contribution < -0.4 is 11.1 Å². The predicted octanol–water partition coefficient (Wildman–Crippen LogP) is 3.29. The molecular weight excluding hydrogens is 254 g/mol. The molecule has 2 aliphatic rings. The van der Waals surface area contributed by atoms with E-state index in [-0.39, 0.29) is 0 Å². The monoisotopic (exact) mass is 283 g/mol. The van der Waals surface area contributed by atoms with Crippen LogP contribution in [0.3, 0.4) is 0 Å². The zero-order valence-corrected chi connectivity index (χ0v) is 13.1. The Kier molecular flexibility index (Phi) is 5.86. The molecule has 0 aromatic rings. The van der Waals surface area contributed by atoms with E-state index in [0.29, 0.717) is 16.7 Å². The van der Waals surface area contributed by atoms with Crippen LogP contribution in [0.5, 0.6) is 0 Å². The summed E-state index contributed by atoms with van der Waals surface area (Å²) in [6.45, 7) is 0.889. The van der Waals surface area contributed by atoms with Gasteiger partial charge in [0.2, 0.25) is 0 Å². The van der Waals surface area contributed by atoms with Gasteiger partial charge < -0.3 is 11.1 Å². The van der Waals surface area contributed by atoms with Gasteiger partial charge >= 0.3 is 0 Å². The highest BCUT2D eigenvalue weighted by atomic mass is 32.2. The average Bonchev–Trinajstić information content (AvgIpc) is 2.47. The van der Waals surface area contributed by atoms with Crippen molar-refractivity contribution in [1.29, 1.82) is 0 Å². The summed E-state index contributed by atoms with van der Waals surface area (Å²) < 4.78 is 0.358. The number of nitrogens with zero attached hydrogens (tertiary/aromatic N) is 1. The number of rotatable bonds is 4. The molecular formula is C15H29N3S. The summed E-state index contributed by atoms with van der Waals surface area (Å²) in [6, 6.07) is 0.564. The van der Waals surface area contributed by atoms with Crippen LogP contribution in [0.1, 0.15) is 64.2 Å². The Morgan fingerprint density at radius 3 is 2.42 bits per heavy atom. The van der Waals surface area contributed by atoms with E-state index >= 15 is 0 Å². The molecule has 0 atom stereocenters. The minimum atomic E-state index is 0.358. The number of hydrogen-bond acceptors (Lipinski definition) is 2. The fourth-order valence-electron chi connectivity index (χ4n) is 3.35. The molecule has 2 aliphatic carbocycles. The van der Waals surface area contributed by atoms with Gasteiger partial charge in [-0.05, 0) is 31.9 Å². The summed E-state index contributed by atoms with van der Waals surface area (Å²) in [4.78, 5) is 4.65. The van der Waals surface area contributed by atoms with Gasteiger partial charge in [-0.3, -0.25) is 4.99 Å². The van der Waals surface area contributed by atoms with Crippen molar-refractivity contribution in [3.05, 3.63) is 0 Å². The highest BCUT2D eigenvalue weighted by Gasteiger charge is 2.30. The molecule has 110 valence electrons. The molecule has 0 aromatic heterocycles. The molecule has 2 fully saturated rings. The molecule has 0 heterocycles. The predicted molar refractivity (Wildman–Crippen MR) is 85.8 cm³/mol. The maximum absolute atomic E-state index is 6.06. The third-order valence-electron chi connectivity index (χ3n) is 4.69. The molecule has 4 heteroatoms. The molecule has 2 rings (SSSR count). The molecule has 2 saturated carbocycles. The van der Waals surface area contributed by atoms with Crippen molar-refractivity contribution in [3.8, 4) is 0 Å². The zero-order valence-electron chi connectivity index (χ0n) is 12.3. The third kappa shape index (κ3) is 4.59. The number of thioether (sulfide) groups is 1. The lowest BCUT2D eigenvalue weighted by molar-refractivity contribution is 0.400. The van der Waals surface area contributed by atoms with Crippen molar-refractivity contribution in [2.24, 2.45) is 10.7 Å². The number of nitrogens with two attached hydrogens (primary N) is 1. The van der Waals surface area contributed by atoms with E-state index in [2.05, 4.69) is 16.6 Å². The molecule has 0 saturated heterocycles. The van der Waals surface area contributed by atoms with Gasteiger partial charge in [0, 0.05) is 10.8 Å². The van der Waals surface area contributed by atoms with Gasteiger partial charge in [-0.25, -0.2) is 0 Å². The van der Waals surface area contributed by atoms with Gasteiger partial charge in [-0.15, -0.1) is 0 Å². The second kappa shape index (κ2) is 7.41. The van der Waals surface area contributed by atoms with Crippen LogP contribution in [-0.2, 0) is 0 Å². The van der Waals surface area contributed by atoms with E-state index in [1.54, 1.807) is 0 Å². The van der Waals surface area contributed by atoms with Crippen molar-refractivity contribution in [3.63, 3.8) is 0 Å². The summed E-state index contributed by atoms with van der Waals surface area (Å²) in [6.07, 6.45) is 15.5. The second-order valence-electron chi connectivity index (χ2n) is 6.13. The molecule has 0 bridgehead atoms. The molecule has 0 amide bonds. The minimum Gasteiger partial charge on any atom is -0.370 e. The highest BCUT2D eigenvalue weighted by molar-refractivity contribution is 8.00. The van der Waals surface area contributed by atoms with E-state index in [1.807, 2.05) is 11.8 Å². The lowest BCUT2D eigenvalue weighted by Gasteiger charge is -2.34. The fraction of sp³-hybridized carbons (Fsp3) is 0.933. The molecule has 0 spiro atoms. The van der Waals surface area contributed by atoms with Crippen molar-refractivity contribution >= 4 is 17.7 Å². The Balaban J connectivity index is 1.81. The first-order valence-electron chi connectivity index (χ1n) is 7.86. The molecule has 3 nitrogen and oxygen atoms in total. The molecule has 0 unspecified atom stereocenters. The van der Waals surface area contributed by atoms with Gasteiger partial charge in [0.1, 0.15) is 0 Å². The zero-order chi connectivity index (χ0) is 13.6. The molecule has 19 heavy (non-hydrogen) atoms. The smallest absolute Gasteiger partial charge is 0.188 e. The number of hydrogen-bond donors (Lipinski definition) is 2. The first-order valence-corrected chi connectivity index (χ1v) is 9.08. The molecule has 3 N–H and O–H groups in total. The van der Waals surface area contributed by atoms with E-state index in [0.717, 1.165) is 6.54 Å². The Morgan fingerprint density at radius 2 is 1.79 bits per heavy atom. The summed E-state index contributed by atoms with van der Waals surface area (Å²) in [7, 11) is 0. The Bertz CT molecular complexity index is 292. The van der Waals surface area contributed by atoms with Crippen molar-refractivity contribution in [2.45, 2.75) is 75.0 Å². The Hall–Kier alpha value is -0.380. The van der Waals surface area contributed by atoms with Crippen LogP contribution in [0.4, 0.5) is 0 Å². The van der Waals surface area contributed by atoms with Gasteiger partial charge in [-0.2, -0.15) is 11.8 Å². The first-order chi connectivity index (χ1) is 9.24. The maximum Gasteiger partial charge on any atom is 0.188 e. The summed E-state index contributed by atoms with van der Waals surface area (Å²) in [5, 5.41) is 3.42. The van der Waals surface area contributed by atoms with E-state index in [4.69, 9.17) is 5.73 Å². The van der Waals surface area contributed by atoms with Crippen LogP contribution in [0, 0.1) is 0 Å². The summed E-state index contributed by atoms with van der Waals surface area (Å²) in [5.41, 5.74) is 6.06. The SMILES string of the molecule is CSC1(CN=C(N)NC2CCCCC2)CCCCC1. The van der Waals surface area contributed by atoms with Gasteiger partial charge in [0.15, 0.2) is 5.96 Å². The normalized spacial score (nSPS) is 25.2. The topological polar surface area (TPSA) is 50.4 Å². The van der Waals surface area contributed by atoms with Crippen LogP contribution >= 0.6 is 11.8 Å². The number of guanidine groups is 1. The molecule has 0 aliphatic heterocycles. The molecule has 0 aromatic carbocycles. The standard InChI is InChI=1S/C15H29N3S/c1-19-15(10-6-3-7-11-15)12-17-14(16)18-13-8-4-2-5-9-13/h13H,2-12H2,1H3,(H3,16,17,18). The van der Waals surface area contributed by atoms with E-state index < -0.39 is 0 Å². The van der Waals surface area contributed by atoms with Crippen molar-refractivity contribution < 1.29 is 0 Å². The second-order valence-corrected chi connectivity index (χ2v) is 7.40. The van der Waals surface area contributed by atoms with Crippen molar-refractivity contribution in [1.82, 2.24) is 5.32 Å². The largest absolute Gasteiger partial charge is 0.370 e. The highest BCUT2D eigenvalue weighted by Crippen LogP contribution is 2.38. The minimum absolute atomic E-state index is 0.358. The summed E-state index contributed by atoms with van der Waals surface area (Å²) >= 11 is 1.99. The average molecular weight is 283 g/mol.